The molecule has 0 radical (unpaired) electrons. The summed E-state index contributed by atoms with van der Waals surface area (Å²) in [6, 6.07) is 11.6. The summed E-state index contributed by atoms with van der Waals surface area (Å²) in [6.45, 7) is 0. The molecule has 0 fully saturated rings. The lowest BCUT2D eigenvalue weighted by Crippen LogP contribution is -2.19. The summed E-state index contributed by atoms with van der Waals surface area (Å²) in [4.78, 5) is 28.8. The molecule has 1 heterocycles. The van der Waals surface area contributed by atoms with Gasteiger partial charge in [-0.1, -0.05) is 29.3 Å². The van der Waals surface area contributed by atoms with Gasteiger partial charge in [-0.3, -0.25) is 14.6 Å². The second kappa shape index (κ2) is 7.09. The van der Waals surface area contributed by atoms with Crippen LogP contribution in [0.3, 0.4) is 0 Å². The fourth-order valence-corrected chi connectivity index (χ4v) is 2.87. The van der Waals surface area contributed by atoms with Crippen LogP contribution in [-0.4, -0.2) is 23.8 Å². The van der Waals surface area contributed by atoms with Gasteiger partial charge in [0, 0.05) is 29.3 Å². The Morgan fingerprint density at radius 2 is 1.80 bits per heavy atom. The van der Waals surface area contributed by atoms with E-state index in [1.54, 1.807) is 36.5 Å². The van der Waals surface area contributed by atoms with E-state index in [0.717, 1.165) is 5.39 Å². The number of amides is 2. The van der Waals surface area contributed by atoms with Gasteiger partial charge in [-0.25, -0.2) is 0 Å². The van der Waals surface area contributed by atoms with E-state index in [1.165, 1.54) is 13.1 Å². The normalized spacial score (nSPS) is 10.5. The lowest BCUT2D eigenvalue weighted by Gasteiger charge is -2.10. The van der Waals surface area contributed by atoms with E-state index in [0.29, 0.717) is 26.8 Å². The maximum Gasteiger partial charge on any atom is 0.257 e. The molecule has 2 amide bonds. The Hall–Kier alpha value is -2.63. The Morgan fingerprint density at radius 3 is 2.56 bits per heavy atom. The number of rotatable bonds is 3. The first-order valence-corrected chi connectivity index (χ1v) is 8.12. The Kier molecular flexibility index (Phi) is 4.88. The Labute approximate surface area is 154 Å². The van der Waals surface area contributed by atoms with Crippen LogP contribution < -0.4 is 10.6 Å². The molecule has 2 aromatic carbocycles. The standard InChI is InChI=1S/C18H13Cl2N3O2/c1-21-17(24)13-9-12(4-5-15(13)20)23-18(25)14-8-11(19)7-10-3-2-6-22-16(10)14/h2-9H,1H3,(H,21,24)(H,23,25). The molecule has 7 heteroatoms. The van der Waals surface area contributed by atoms with Gasteiger partial charge in [0.15, 0.2) is 0 Å². The van der Waals surface area contributed by atoms with Gasteiger partial charge in [-0.05, 0) is 36.4 Å². The summed E-state index contributed by atoms with van der Waals surface area (Å²) >= 11 is 12.1. The Morgan fingerprint density at radius 1 is 1.00 bits per heavy atom. The first-order valence-electron chi connectivity index (χ1n) is 7.37. The van der Waals surface area contributed by atoms with Gasteiger partial charge >= 0.3 is 0 Å². The first-order chi connectivity index (χ1) is 12.0. The van der Waals surface area contributed by atoms with Gasteiger partial charge in [0.1, 0.15) is 0 Å². The SMILES string of the molecule is CNC(=O)c1cc(NC(=O)c2cc(Cl)cc3cccnc23)ccc1Cl. The number of hydrogen-bond donors (Lipinski definition) is 2. The largest absolute Gasteiger partial charge is 0.355 e. The van der Waals surface area contributed by atoms with Crippen molar-refractivity contribution in [3.8, 4) is 0 Å². The van der Waals surface area contributed by atoms with Gasteiger partial charge in [0.2, 0.25) is 0 Å². The molecule has 126 valence electrons. The van der Waals surface area contributed by atoms with Crippen molar-refractivity contribution in [1.82, 2.24) is 10.3 Å². The number of aromatic nitrogens is 1. The summed E-state index contributed by atoms with van der Waals surface area (Å²) < 4.78 is 0. The molecule has 3 aromatic rings. The van der Waals surface area contributed by atoms with Gasteiger partial charge < -0.3 is 10.6 Å². The van der Waals surface area contributed by atoms with Crippen molar-refractivity contribution in [3.05, 3.63) is 69.8 Å². The number of pyridine rings is 1. The van der Waals surface area contributed by atoms with Crippen molar-refractivity contribution in [2.75, 3.05) is 12.4 Å². The molecule has 5 nitrogen and oxygen atoms in total. The number of halogens is 2. The molecular weight excluding hydrogens is 361 g/mol. The maximum atomic E-state index is 12.7. The number of hydrogen-bond acceptors (Lipinski definition) is 3. The average Bonchev–Trinajstić information content (AvgIpc) is 2.61. The van der Waals surface area contributed by atoms with Crippen LogP contribution in [0.15, 0.2) is 48.7 Å². The minimum Gasteiger partial charge on any atom is -0.355 e. The van der Waals surface area contributed by atoms with Crippen LogP contribution in [0.5, 0.6) is 0 Å². The predicted octanol–water partition coefficient (Wildman–Crippen LogP) is 4.15. The summed E-state index contributed by atoms with van der Waals surface area (Å²) in [7, 11) is 1.51. The highest BCUT2D eigenvalue weighted by atomic mass is 35.5. The third-order valence-electron chi connectivity index (χ3n) is 3.61. The number of fused-ring (bicyclic) bond motifs is 1. The second-order valence-electron chi connectivity index (χ2n) is 5.26. The Balaban J connectivity index is 1.97. The first kappa shape index (κ1) is 17.2. The third-order valence-corrected chi connectivity index (χ3v) is 4.16. The smallest absolute Gasteiger partial charge is 0.257 e. The number of anilines is 1. The minimum atomic E-state index is -0.378. The zero-order valence-corrected chi connectivity index (χ0v) is 14.7. The van der Waals surface area contributed by atoms with Gasteiger partial charge in [-0.2, -0.15) is 0 Å². The Bertz CT molecular complexity index is 989. The van der Waals surface area contributed by atoms with E-state index in [-0.39, 0.29) is 17.4 Å². The second-order valence-corrected chi connectivity index (χ2v) is 6.10. The van der Waals surface area contributed by atoms with Crippen molar-refractivity contribution in [1.29, 1.82) is 0 Å². The fraction of sp³-hybridized carbons (Fsp3) is 0.0556. The van der Waals surface area contributed by atoms with Crippen molar-refractivity contribution >= 4 is 51.6 Å². The molecule has 0 bridgehead atoms. The van der Waals surface area contributed by atoms with Gasteiger partial charge in [-0.15, -0.1) is 0 Å². The molecular formula is C18H13Cl2N3O2. The third kappa shape index (κ3) is 3.57. The molecule has 0 unspecified atom stereocenters. The molecule has 3 rings (SSSR count). The molecule has 2 N–H and O–H groups in total. The van der Waals surface area contributed by atoms with Crippen LogP contribution in [0.4, 0.5) is 5.69 Å². The molecule has 0 aliphatic heterocycles. The monoisotopic (exact) mass is 373 g/mol. The average molecular weight is 374 g/mol. The molecule has 0 atom stereocenters. The van der Waals surface area contributed by atoms with Crippen molar-refractivity contribution < 1.29 is 9.59 Å². The highest BCUT2D eigenvalue weighted by Crippen LogP contribution is 2.25. The van der Waals surface area contributed by atoms with Crippen LogP contribution in [0.25, 0.3) is 10.9 Å². The lowest BCUT2D eigenvalue weighted by atomic mass is 10.1. The zero-order valence-electron chi connectivity index (χ0n) is 13.1. The van der Waals surface area contributed by atoms with Gasteiger partial charge in [0.25, 0.3) is 11.8 Å². The minimum absolute atomic E-state index is 0.274. The highest BCUT2D eigenvalue weighted by Gasteiger charge is 2.15. The fourth-order valence-electron chi connectivity index (χ4n) is 2.44. The van der Waals surface area contributed by atoms with Crippen LogP contribution in [0, 0.1) is 0 Å². The van der Waals surface area contributed by atoms with E-state index in [1.807, 2.05) is 6.07 Å². The summed E-state index contributed by atoms with van der Waals surface area (Å²) in [5.41, 5.74) is 1.61. The van der Waals surface area contributed by atoms with Crippen molar-refractivity contribution in [3.63, 3.8) is 0 Å². The summed E-state index contributed by atoms with van der Waals surface area (Å²) in [6.07, 6.45) is 1.61. The maximum absolute atomic E-state index is 12.7. The topological polar surface area (TPSA) is 71.1 Å². The molecule has 0 saturated heterocycles. The van der Waals surface area contributed by atoms with E-state index >= 15 is 0 Å². The van der Waals surface area contributed by atoms with Crippen molar-refractivity contribution in [2.45, 2.75) is 0 Å². The predicted molar refractivity (Wildman–Crippen MR) is 99.5 cm³/mol. The van der Waals surface area contributed by atoms with E-state index in [4.69, 9.17) is 23.2 Å². The van der Waals surface area contributed by atoms with E-state index in [9.17, 15) is 9.59 Å². The molecule has 25 heavy (non-hydrogen) atoms. The highest BCUT2D eigenvalue weighted by molar-refractivity contribution is 6.34. The lowest BCUT2D eigenvalue weighted by molar-refractivity contribution is 0.0961. The van der Waals surface area contributed by atoms with Crippen molar-refractivity contribution in [2.24, 2.45) is 0 Å². The quantitative estimate of drug-likeness (QED) is 0.724. The number of nitrogens with one attached hydrogen (secondary N) is 2. The molecule has 1 aromatic heterocycles. The molecule has 0 aliphatic rings. The van der Waals surface area contributed by atoms with E-state index < -0.39 is 0 Å². The van der Waals surface area contributed by atoms with Gasteiger partial charge in [0.05, 0.1) is 21.7 Å². The van der Waals surface area contributed by atoms with E-state index in [2.05, 4.69) is 15.6 Å². The molecule has 0 spiro atoms. The summed E-state index contributed by atoms with van der Waals surface area (Å²) in [5.74, 6) is -0.715. The van der Waals surface area contributed by atoms with Crippen LogP contribution in [0.1, 0.15) is 20.7 Å². The number of benzene rings is 2. The molecule has 0 aliphatic carbocycles. The van der Waals surface area contributed by atoms with Crippen LogP contribution in [-0.2, 0) is 0 Å². The summed E-state index contributed by atoms with van der Waals surface area (Å²) in [5, 5.41) is 6.75. The van der Waals surface area contributed by atoms with Crippen LogP contribution in [0.2, 0.25) is 10.0 Å². The number of nitrogens with zero attached hydrogens (tertiary/aromatic N) is 1. The van der Waals surface area contributed by atoms with Crippen LogP contribution >= 0.6 is 23.2 Å². The zero-order chi connectivity index (χ0) is 18.0. The molecule has 0 saturated carbocycles. The number of carbonyl (C=O) groups excluding carboxylic acids is 2. The number of carbonyl (C=O) groups is 2.